The number of hydrogen-bond donors (Lipinski definition) is 2. The van der Waals surface area contributed by atoms with E-state index in [0.29, 0.717) is 12.5 Å². The summed E-state index contributed by atoms with van der Waals surface area (Å²) in [6.07, 6.45) is 3.03. The van der Waals surface area contributed by atoms with Crippen molar-refractivity contribution < 1.29 is 9.53 Å². The number of carbonyl (C=O) groups excluding carboxylic acids is 1. The maximum Gasteiger partial charge on any atom is 0.251 e. The van der Waals surface area contributed by atoms with E-state index >= 15 is 0 Å². The molecule has 146 valence electrons. The van der Waals surface area contributed by atoms with Gasteiger partial charge in [-0.15, -0.1) is 24.0 Å². The smallest absolute Gasteiger partial charge is 0.251 e. The van der Waals surface area contributed by atoms with E-state index in [1.807, 2.05) is 0 Å². The molecule has 0 radical (unpaired) electrons. The Morgan fingerprint density at radius 1 is 1.27 bits per heavy atom. The summed E-state index contributed by atoms with van der Waals surface area (Å²) in [5.74, 6) is 0.406. The van der Waals surface area contributed by atoms with Crippen LogP contribution >= 0.6 is 24.0 Å². The molecule has 0 bridgehead atoms. The number of halogens is 1. The van der Waals surface area contributed by atoms with E-state index in [2.05, 4.69) is 42.4 Å². The maximum atomic E-state index is 11.9. The Morgan fingerprint density at radius 3 is 2.42 bits per heavy atom. The lowest BCUT2D eigenvalue weighted by atomic mass is 10.0. The van der Waals surface area contributed by atoms with Crippen molar-refractivity contribution in [1.29, 1.82) is 0 Å². The van der Waals surface area contributed by atoms with Crippen molar-refractivity contribution in [2.75, 3.05) is 26.0 Å². The van der Waals surface area contributed by atoms with E-state index in [0.717, 1.165) is 31.4 Å². The molecule has 6 nitrogen and oxygen atoms in total. The molecule has 26 heavy (non-hydrogen) atoms. The molecule has 1 fully saturated rings. The highest BCUT2D eigenvalue weighted by molar-refractivity contribution is 14.0. The predicted octanol–water partition coefficient (Wildman–Crippen LogP) is 2.79. The van der Waals surface area contributed by atoms with Crippen molar-refractivity contribution >= 4 is 41.5 Å². The molecule has 7 heteroatoms. The minimum Gasteiger partial charge on any atom is -0.370 e. The molecule has 1 aromatic carbocycles. The minimum atomic E-state index is -0.350. The quantitative estimate of drug-likeness (QED) is 0.378. The molecule has 0 saturated carbocycles. The van der Waals surface area contributed by atoms with Gasteiger partial charge in [0, 0.05) is 19.8 Å². The monoisotopic (exact) mass is 474 g/mol. The van der Waals surface area contributed by atoms with Crippen molar-refractivity contribution in [1.82, 2.24) is 4.90 Å². The maximum absolute atomic E-state index is 11.9. The first-order valence-corrected chi connectivity index (χ1v) is 9.00. The van der Waals surface area contributed by atoms with Crippen molar-refractivity contribution in [3.8, 4) is 0 Å². The number of hydrogen-bond acceptors (Lipinski definition) is 3. The first kappa shape index (κ1) is 22.7. The van der Waals surface area contributed by atoms with E-state index in [1.165, 1.54) is 11.1 Å². The van der Waals surface area contributed by atoms with Crippen LogP contribution in [0.1, 0.15) is 37.8 Å². The summed E-state index contributed by atoms with van der Waals surface area (Å²) in [5.41, 5.74) is 9.60. The molecule has 1 amide bonds. The topological polar surface area (TPSA) is 79.9 Å². The van der Waals surface area contributed by atoms with Gasteiger partial charge in [-0.25, -0.2) is 0 Å². The van der Waals surface area contributed by atoms with Gasteiger partial charge < -0.3 is 20.7 Å². The second kappa shape index (κ2) is 10.7. The van der Waals surface area contributed by atoms with Gasteiger partial charge in [-0.1, -0.05) is 32.0 Å². The third-order valence-corrected chi connectivity index (χ3v) is 4.54. The van der Waals surface area contributed by atoms with Crippen LogP contribution in [0.5, 0.6) is 0 Å². The van der Waals surface area contributed by atoms with Crippen LogP contribution in [0.3, 0.4) is 0 Å². The van der Waals surface area contributed by atoms with Crippen molar-refractivity contribution in [2.24, 2.45) is 10.7 Å². The highest BCUT2D eigenvalue weighted by Crippen LogP contribution is 2.23. The summed E-state index contributed by atoms with van der Waals surface area (Å²) >= 11 is 0. The Balaban J connectivity index is 0.00000338. The molecule has 1 heterocycles. The number of aliphatic imine (C=N–C) groups is 1. The average molecular weight is 474 g/mol. The summed E-state index contributed by atoms with van der Waals surface area (Å²) < 4.78 is 5.79. The summed E-state index contributed by atoms with van der Waals surface area (Å²) in [6.45, 7) is 4.72. The number of aryl methyl sites for hydroxylation is 2. The normalized spacial score (nSPS) is 19.8. The zero-order chi connectivity index (χ0) is 18.4. The second-order valence-corrected chi connectivity index (χ2v) is 6.57. The largest absolute Gasteiger partial charge is 0.370 e. The summed E-state index contributed by atoms with van der Waals surface area (Å²) in [6, 6.07) is 6.28. The molecule has 1 aromatic rings. The van der Waals surface area contributed by atoms with Gasteiger partial charge in [0.1, 0.15) is 6.10 Å². The van der Waals surface area contributed by atoms with Gasteiger partial charge in [0.2, 0.25) is 0 Å². The van der Waals surface area contributed by atoms with Gasteiger partial charge in [0.15, 0.2) is 5.96 Å². The van der Waals surface area contributed by atoms with Gasteiger partial charge in [0.25, 0.3) is 5.91 Å². The molecule has 1 aliphatic rings. The first-order valence-electron chi connectivity index (χ1n) is 9.00. The molecule has 2 unspecified atom stereocenters. The van der Waals surface area contributed by atoms with Crippen molar-refractivity contribution in [3.63, 3.8) is 0 Å². The van der Waals surface area contributed by atoms with Gasteiger partial charge in [-0.3, -0.25) is 9.79 Å². The molecule has 3 N–H and O–H groups in total. The Kier molecular flexibility index (Phi) is 9.35. The molecule has 1 aliphatic heterocycles. The number of rotatable bonds is 6. The molecule has 1 saturated heterocycles. The number of ether oxygens (including phenoxy) is 1. The third kappa shape index (κ3) is 5.84. The zero-order valence-corrected chi connectivity index (χ0v) is 18.4. The van der Waals surface area contributed by atoms with Crippen molar-refractivity contribution in [2.45, 2.75) is 51.7 Å². The third-order valence-electron chi connectivity index (χ3n) is 4.54. The van der Waals surface area contributed by atoms with Crippen LogP contribution in [0.15, 0.2) is 23.2 Å². The summed E-state index contributed by atoms with van der Waals surface area (Å²) in [4.78, 5) is 17.9. The average Bonchev–Trinajstić information content (AvgIpc) is 3.08. The van der Waals surface area contributed by atoms with Crippen LogP contribution in [0.4, 0.5) is 5.69 Å². The minimum absolute atomic E-state index is 0. The van der Waals surface area contributed by atoms with Gasteiger partial charge >= 0.3 is 0 Å². The van der Waals surface area contributed by atoms with Gasteiger partial charge in [-0.05, 0) is 36.8 Å². The van der Waals surface area contributed by atoms with Crippen LogP contribution in [-0.4, -0.2) is 49.6 Å². The second-order valence-electron chi connectivity index (χ2n) is 6.57. The van der Waals surface area contributed by atoms with E-state index in [9.17, 15) is 4.79 Å². The van der Waals surface area contributed by atoms with Crippen LogP contribution < -0.4 is 11.1 Å². The molecule has 2 atom stereocenters. The Bertz CT molecular complexity index is 612. The summed E-state index contributed by atoms with van der Waals surface area (Å²) in [7, 11) is 3.49. The first-order chi connectivity index (χ1) is 12.0. The number of nitrogens with zero attached hydrogens (tertiary/aromatic N) is 2. The number of para-hydroxylation sites is 1. The highest BCUT2D eigenvalue weighted by Gasteiger charge is 2.31. The number of carbonyl (C=O) groups is 1. The van der Waals surface area contributed by atoms with Crippen LogP contribution in [-0.2, 0) is 22.4 Å². The lowest BCUT2D eigenvalue weighted by molar-refractivity contribution is -0.140. The Hall–Kier alpha value is -1.35. The highest BCUT2D eigenvalue weighted by atomic mass is 127. The fourth-order valence-corrected chi connectivity index (χ4v) is 3.08. The lowest BCUT2D eigenvalue weighted by Gasteiger charge is -2.17. The molecule has 2 rings (SSSR count). The number of anilines is 1. The van der Waals surface area contributed by atoms with Crippen LogP contribution in [0, 0.1) is 0 Å². The number of guanidine groups is 1. The molecular weight excluding hydrogens is 443 g/mol. The van der Waals surface area contributed by atoms with Crippen LogP contribution in [0.25, 0.3) is 0 Å². The molecule has 0 spiro atoms. The SMILES string of the molecule is CCc1cccc(CC)c1NC(N)=NCC1CCC(C(=O)N(C)C)O1.I. The fraction of sp³-hybridized carbons (Fsp3) is 0.579. The van der Waals surface area contributed by atoms with E-state index in [1.54, 1.807) is 19.0 Å². The van der Waals surface area contributed by atoms with E-state index < -0.39 is 0 Å². The predicted molar refractivity (Wildman–Crippen MR) is 117 cm³/mol. The number of benzene rings is 1. The Morgan fingerprint density at radius 2 is 1.88 bits per heavy atom. The number of likely N-dealkylation sites (N-methyl/N-ethyl adjacent to an activating group) is 1. The zero-order valence-electron chi connectivity index (χ0n) is 16.1. The van der Waals surface area contributed by atoms with Crippen LogP contribution in [0.2, 0.25) is 0 Å². The lowest BCUT2D eigenvalue weighted by Crippen LogP contribution is -2.34. The van der Waals surface area contributed by atoms with Gasteiger partial charge in [-0.2, -0.15) is 0 Å². The number of nitrogens with two attached hydrogens (primary N) is 1. The molecule has 0 aromatic heterocycles. The number of amides is 1. The van der Waals surface area contributed by atoms with Crippen molar-refractivity contribution in [3.05, 3.63) is 29.3 Å². The fourth-order valence-electron chi connectivity index (χ4n) is 3.08. The van der Waals surface area contributed by atoms with E-state index in [-0.39, 0.29) is 42.1 Å². The molecule has 0 aliphatic carbocycles. The molecular formula is C19H31IN4O2. The standard InChI is InChI=1S/C19H30N4O2.HI/c1-5-13-8-7-9-14(6-2)17(13)22-19(20)21-12-15-10-11-16(25-15)18(24)23(3)4;/h7-9,15-16H,5-6,10-12H2,1-4H3,(H3,20,21,22);1H. The number of nitrogens with one attached hydrogen (secondary N) is 1. The van der Waals surface area contributed by atoms with E-state index in [4.69, 9.17) is 10.5 Å². The van der Waals surface area contributed by atoms with Gasteiger partial charge in [0.05, 0.1) is 12.6 Å². The summed E-state index contributed by atoms with van der Waals surface area (Å²) in [5, 5.41) is 3.25. The Labute approximate surface area is 173 Å².